The standard InChI is InChI=1S/C15H21BrN2O3/c1-12-10-13(16)2-3-14(12)21-11-15(19)17-4-5-18-6-8-20-9-7-18/h2-3,10H,4-9,11H2,1H3,(H,17,19)/p+1. The van der Waals surface area contributed by atoms with E-state index in [1.165, 1.54) is 4.90 Å². The van der Waals surface area contributed by atoms with Crippen LogP contribution < -0.4 is 15.0 Å². The van der Waals surface area contributed by atoms with Crippen molar-refractivity contribution in [3.05, 3.63) is 28.2 Å². The normalized spacial score (nSPS) is 15.7. The summed E-state index contributed by atoms with van der Waals surface area (Å²) in [5.41, 5.74) is 1.01. The number of quaternary nitrogens is 1. The van der Waals surface area contributed by atoms with Crippen LogP contribution in [0.1, 0.15) is 5.56 Å². The summed E-state index contributed by atoms with van der Waals surface area (Å²) in [6.45, 7) is 7.29. The van der Waals surface area contributed by atoms with Crippen LogP contribution in [0.3, 0.4) is 0 Å². The molecule has 0 spiro atoms. The molecule has 21 heavy (non-hydrogen) atoms. The first-order chi connectivity index (χ1) is 10.1. The third-order valence-corrected chi connectivity index (χ3v) is 3.99. The van der Waals surface area contributed by atoms with Crippen LogP contribution >= 0.6 is 15.9 Å². The summed E-state index contributed by atoms with van der Waals surface area (Å²) in [4.78, 5) is 13.2. The predicted octanol–water partition coefficient (Wildman–Crippen LogP) is 0.168. The molecule has 6 heteroatoms. The van der Waals surface area contributed by atoms with E-state index in [1.807, 2.05) is 25.1 Å². The number of halogens is 1. The summed E-state index contributed by atoms with van der Waals surface area (Å²) >= 11 is 3.40. The number of hydrogen-bond acceptors (Lipinski definition) is 3. The average Bonchev–Trinajstić information content (AvgIpc) is 2.47. The first kappa shape index (κ1) is 16.3. The number of rotatable bonds is 6. The van der Waals surface area contributed by atoms with E-state index >= 15 is 0 Å². The lowest BCUT2D eigenvalue weighted by atomic mass is 10.2. The van der Waals surface area contributed by atoms with Crippen LogP contribution in [0.4, 0.5) is 0 Å². The number of morpholine rings is 1. The van der Waals surface area contributed by atoms with Gasteiger partial charge < -0.3 is 19.7 Å². The van der Waals surface area contributed by atoms with Gasteiger partial charge in [0.15, 0.2) is 6.61 Å². The van der Waals surface area contributed by atoms with Crippen molar-refractivity contribution in [3.8, 4) is 5.75 Å². The van der Waals surface area contributed by atoms with Gasteiger partial charge in [-0.05, 0) is 30.7 Å². The van der Waals surface area contributed by atoms with Gasteiger partial charge in [0.2, 0.25) is 0 Å². The highest BCUT2D eigenvalue weighted by atomic mass is 79.9. The molecule has 1 aromatic rings. The van der Waals surface area contributed by atoms with Gasteiger partial charge >= 0.3 is 0 Å². The predicted molar refractivity (Wildman–Crippen MR) is 83.8 cm³/mol. The Labute approximate surface area is 133 Å². The summed E-state index contributed by atoms with van der Waals surface area (Å²) in [5.74, 6) is 0.664. The van der Waals surface area contributed by atoms with E-state index in [1.54, 1.807) is 0 Å². The van der Waals surface area contributed by atoms with Crippen LogP contribution in [-0.4, -0.2) is 51.9 Å². The highest BCUT2D eigenvalue weighted by Crippen LogP contribution is 2.21. The van der Waals surface area contributed by atoms with Crippen LogP contribution in [0.25, 0.3) is 0 Å². The van der Waals surface area contributed by atoms with Crippen molar-refractivity contribution >= 4 is 21.8 Å². The Hall–Kier alpha value is -1.11. The van der Waals surface area contributed by atoms with E-state index in [2.05, 4.69) is 21.2 Å². The van der Waals surface area contributed by atoms with Gasteiger partial charge in [0.25, 0.3) is 5.91 Å². The van der Waals surface area contributed by atoms with Gasteiger partial charge in [-0.1, -0.05) is 15.9 Å². The molecule has 0 bridgehead atoms. The first-order valence-corrected chi connectivity index (χ1v) is 8.01. The van der Waals surface area contributed by atoms with Crippen LogP contribution in [0.2, 0.25) is 0 Å². The van der Waals surface area contributed by atoms with Crippen LogP contribution in [-0.2, 0) is 9.53 Å². The minimum absolute atomic E-state index is 0.0565. The summed E-state index contributed by atoms with van der Waals surface area (Å²) in [7, 11) is 0. The van der Waals surface area contributed by atoms with Crippen LogP contribution in [0.5, 0.6) is 5.75 Å². The maximum atomic E-state index is 11.8. The van der Waals surface area contributed by atoms with Crippen molar-refractivity contribution in [3.63, 3.8) is 0 Å². The van der Waals surface area contributed by atoms with Gasteiger partial charge in [0.05, 0.1) is 26.3 Å². The molecule has 5 nitrogen and oxygen atoms in total. The molecule has 1 heterocycles. The van der Waals surface area contributed by atoms with Gasteiger partial charge in [-0.3, -0.25) is 4.79 Å². The van der Waals surface area contributed by atoms with Crippen LogP contribution in [0.15, 0.2) is 22.7 Å². The van der Waals surface area contributed by atoms with Crippen molar-refractivity contribution in [2.45, 2.75) is 6.92 Å². The topological polar surface area (TPSA) is 52.0 Å². The maximum absolute atomic E-state index is 11.8. The molecule has 1 aromatic carbocycles. The molecule has 2 rings (SSSR count). The average molecular weight is 358 g/mol. The lowest BCUT2D eigenvalue weighted by Gasteiger charge is -2.23. The molecule has 2 N–H and O–H groups in total. The zero-order valence-electron chi connectivity index (χ0n) is 12.3. The van der Waals surface area contributed by atoms with Gasteiger partial charge in [-0.15, -0.1) is 0 Å². The number of amides is 1. The Morgan fingerprint density at radius 1 is 1.43 bits per heavy atom. The number of nitrogens with one attached hydrogen (secondary N) is 2. The van der Waals surface area contributed by atoms with Crippen molar-refractivity contribution < 1.29 is 19.2 Å². The number of benzene rings is 1. The van der Waals surface area contributed by atoms with Gasteiger partial charge in [0, 0.05) is 4.47 Å². The van der Waals surface area contributed by atoms with Crippen molar-refractivity contribution in [1.82, 2.24) is 5.32 Å². The molecule has 1 fully saturated rings. The number of aryl methyl sites for hydroxylation is 1. The Morgan fingerprint density at radius 3 is 2.90 bits per heavy atom. The molecule has 1 amide bonds. The Morgan fingerprint density at radius 2 is 2.19 bits per heavy atom. The molecule has 0 atom stereocenters. The van der Waals surface area contributed by atoms with E-state index < -0.39 is 0 Å². The fourth-order valence-electron chi connectivity index (χ4n) is 2.26. The van der Waals surface area contributed by atoms with E-state index in [9.17, 15) is 4.79 Å². The molecule has 0 aliphatic carbocycles. The lowest BCUT2D eigenvalue weighted by Crippen LogP contribution is -3.14. The molecule has 1 aliphatic heterocycles. The smallest absolute Gasteiger partial charge is 0.258 e. The molecule has 0 unspecified atom stereocenters. The summed E-state index contributed by atoms with van der Waals surface area (Å²) in [6.07, 6.45) is 0. The van der Waals surface area contributed by atoms with Gasteiger partial charge in [-0.25, -0.2) is 0 Å². The van der Waals surface area contributed by atoms with Crippen molar-refractivity contribution in [2.75, 3.05) is 46.0 Å². The second-order valence-corrected chi connectivity index (χ2v) is 6.08. The van der Waals surface area contributed by atoms with E-state index in [-0.39, 0.29) is 12.5 Å². The Kier molecular flexibility index (Phi) is 6.48. The third kappa shape index (κ3) is 5.65. The largest absolute Gasteiger partial charge is 0.484 e. The molecule has 0 aromatic heterocycles. The molecule has 116 valence electrons. The molecule has 0 radical (unpaired) electrons. The monoisotopic (exact) mass is 357 g/mol. The van der Waals surface area contributed by atoms with E-state index in [0.29, 0.717) is 6.54 Å². The maximum Gasteiger partial charge on any atom is 0.258 e. The highest BCUT2D eigenvalue weighted by molar-refractivity contribution is 9.10. The molecular formula is C15H22BrN2O3+. The minimum Gasteiger partial charge on any atom is -0.484 e. The lowest BCUT2D eigenvalue weighted by molar-refractivity contribution is -0.906. The third-order valence-electron chi connectivity index (χ3n) is 3.50. The Bertz CT molecular complexity index is 476. The fourth-order valence-corrected chi connectivity index (χ4v) is 2.73. The number of carbonyl (C=O) groups excluding carboxylic acids is 1. The van der Waals surface area contributed by atoms with Crippen molar-refractivity contribution in [2.24, 2.45) is 0 Å². The minimum atomic E-state index is -0.0787. The summed E-state index contributed by atoms with van der Waals surface area (Å²) in [5, 5.41) is 2.90. The zero-order chi connectivity index (χ0) is 15.1. The van der Waals surface area contributed by atoms with Gasteiger partial charge in [-0.2, -0.15) is 0 Å². The summed E-state index contributed by atoms with van der Waals surface area (Å²) < 4.78 is 11.8. The second kappa shape index (κ2) is 8.36. The quantitative estimate of drug-likeness (QED) is 0.762. The molecule has 1 saturated heterocycles. The molecule has 0 saturated carbocycles. The number of ether oxygens (including phenoxy) is 2. The molecule has 1 aliphatic rings. The fraction of sp³-hybridized carbons (Fsp3) is 0.533. The Balaban J connectivity index is 1.65. The van der Waals surface area contributed by atoms with Crippen molar-refractivity contribution in [1.29, 1.82) is 0 Å². The second-order valence-electron chi connectivity index (χ2n) is 5.16. The van der Waals surface area contributed by atoms with Gasteiger partial charge in [0.1, 0.15) is 18.8 Å². The molecular weight excluding hydrogens is 336 g/mol. The van der Waals surface area contributed by atoms with E-state index in [4.69, 9.17) is 9.47 Å². The van der Waals surface area contributed by atoms with Crippen LogP contribution in [0, 0.1) is 6.92 Å². The number of carbonyl (C=O) groups is 1. The SMILES string of the molecule is Cc1cc(Br)ccc1OCC(=O)NCC[NH+]1CCOCC1. The summed E-state index contributed by atoms with van der Waals surface area (Å²) in [6, 6.07) is 5.74. The van der Waals surface area contributed by atoms with E-state index in [0.717, 1.165) is 48.6 Å². The first-order valence-electron chi connectivity index (χ1n) is 7.22. The zero-order valence-corrected chi connectivity index (χ0v) is 13.9. The number of hydrogen-bond donors (Lipinski definition) is 2. The highest BCUT2D eigenvalue weighted by Gasteiger charge is 2.13.